The van der Waals surface area contributed by atoms with Crippen LogP contribution in [-0.2, 0) is 28.9 Å². The number of nitrogens with two attached hydrogens (primary N) is 1. The van der Waals surface area contributed by atoms with Gasteiger partial charge in [-0.3, -0.25) is 14.4 Å². The molecule has 1 aliphatic carbocycles. The summed E-state index contributed by atoms with van der Waals surface area (Å²) in [6.45, 7) is 1.88. The van der Waals surface area contributed by atoms with E-state index in [-0.39, 0.29) is 11.3 Å². The first-order valence-corrected chi connectivity index (χ1v) is 12.6. The molecule has 1 aromatic carbocycles. The van der Waals surface area contributed by atoms with Crippen molar-refractivity contribution < 1.29 is 19.1 Å². The average Bonchev–Trinajstić information content (AvgIpc) is 3.22. The van der Waals surface area contributed by atoms with Crippen molar-refractivity contribution in [2.45, 2.75) is 58.4 Å². The highest BCUT2D eigenvalue weighted by Crippen LogP contribution is 2.37. The Kier molecular flexibility index (Phi) is 7.60. The maximum Gasteiger partial charge on any atom is 0.359 e. The number of esters is 1. The van der Waals surface area contributed by atoms with Gasteiger partial charge in [-0.15, -0.1) is 11.3 Å². The van der Waals surface area contributed by atoms with Gasteiger partial charge in [-0.05, 0) is 43.7 Å². The Balaban J connectivity index is 1.51. The van der Waals surface area contributed by atoms with Gasteiger partial charge in [-0.2, -0.15) is 5.10 Å². The van der Waals surface area contributed by atoms with E-state index in [0.29, 0.717) is 27.9 Å². The summed E-state index contributed by atoms with van der Waals surface area (Å²) in [6, 6.07) is 6.70. The summed E-state index contributed by atoms with van der Waals surface area (Å²) in [5, 5.41) is 8.05. The normalized spacial score (nSPS) is 12.8. The summed E-state index contributed by atoms with van der Waals surface area (Å²) in [5.74, 6) is -1.97. The molecule has 0 bridgehead atoms. The van der Waals surface area contributed by atoms with E-state index in [1.807, 2.05) is 0 Å². The quantitative estimate of drug-likeness (QED) is 0.344. The van der Waals surface area contributed by atoms with Crippen LogP contribution in [0.4, 0.5) is 5.00 Å². The molecule has 2 amide bonds. The molecule has 0 atom stereocenters. The Morgan fingerprint density at radius 1 is 1.14 bits per heavy atom. The molecule has 0 saturated carbocycles. The lowest BCUT2D eigenvalue weighted by atomic mass is 9.95. The van der Waals surface area contributed by atoms with Gasteiger partial charge in [0, 0.05) is 16.8 Å². The number of anilines is 1. The monoisotopic (exact) mass is 496 g/mol. The number of carbonyl (C=O) groups excluding carboxylic acids is 3. The van der Waals surface area contributed by atoms with Gasteiger partial charge < -0.3 is 15.8 Å². The number of fused-ring (bicyclic) bond motifs is 2. The van der Waals surface area contributed by atoms with E-state index in [9.17, 15) is 19.2 Å². The maximum absolute atomic E-state index is 12.9. The average molecular weight is 497 g/mol. The topological polar surface area (TPSA) is 133 Å². The van der Waals surface area contributed by atoms with Gasteiger partial charge in [0.25, 0.3) is 17.4 Å². The Morgan fingerprint density at radius 3 is 2.63 bits per heavy atom. The fourth-order valence-corrected chi connectivity index (χ4v) is 5.64. The van der Waals surface area contributed by atoms with Crippen molar-refractivity contribution in [3.63, 3.8) is 0 Å². The molecule has 0 saturated heterocycles. The van der Waals surface area contributed by atoms with Crippen molar-refractivity contribution in [3.8, 4) is 0 Å². The number of aryl methyl sites for hydroxylation is 2. The van der Waals surface area contributed by atoms with Crippen molar-refractivity contribution in [2.75, 3.05) is 11.9 Å². The molecule has 0 fully saturated rings. The highest BCUT2D eigenvalue weighted by Gasteiger charge is 2.25. The molecule has 4 rings (SSSR count). The molecule has 0 spiro atoms. The number of rotatable bonds is 9. The van der Waals surface area contributed by atoms with Crippen LogP contribution in [0.2, 0.25) is 0 Å². The van der Waals surface area contributed by atoms with E-state index >= 15 is 0 Å². The summed E-state index contributed by atoms with van der Waals surface area (Å²) in [4.78, 5) is 51.3. The van der Waals surface area contributed by atoms with E-state index in [0.717, 1.165) is 55.4 Å². The largest absolute Gasteiger partial charge is 0.451 e. The number of carbonyl (C=O) groups is 3. The number of primary amides is 1. The lowest BCUT2D eigenvalue weighted by Crippen LogP contribution is -2.28. The lowest BCUT2D eigenvalue weighted by Gasteiger charge is -2.11. The third-order valence-electron chi connectivity index (χ3n) is 6.04. The van der Waals surface area contributed by atoms with Crippen LogP contribution in [0.5, 0.6) is 0 Å². The molecule has 0 unspecified atom stereocenters. The van der Waals surface area contributed by atoms with Gasteiger partial charge in [0.05, 0.1) is 10.9 Å². The predicted molar refractivity (Wildman–Crippen MR) is 134 cm³/mol. The van der Waals surface area contributed by atoms with E-state index in [1.54, 1.807) is 24.3 Å². The molecule has 0 aliphatic heterocycles. The number of benzene rings is 1. The minimum atomic E-state index is -0.804. The molecular weight excluding hydrogens is 468 g/mol. The predicted octanol–water partition coefficient (Wildman–Crippen LogP) is 3.42. The fraction of sp³-hybridized carbons (Fsp3) is 0.400. The fourth-order valence-electron chi connectivity index (χ4n) is 4.33. The molecule has 0 radical (unpaired) electrons. The molecule has 3 aromatic rings. The number of hydrogen-bond donors (Lipinski definition) is 2. The standard InChI is InChI=1S/C25H28N4O5S/c1-2-3-8-13-29-24(32)16-10-5-4-9-15(16)21(28-29)25(33)34-14-19(30)27-23-20(22(26)31)17-11-6-7-12-18(17)35-23/h4-5,9-10H,2-3,6-8,11-14H2,1H3,(H2,26,31)(H,27,30). The van der Waals surface area contributed by atoms with Gasteiger partial charge in [0.1, 0.15) is 5.00 Å². The van der Waals surface area contributed by atoms with Crippen LogP contribution in [0.25, 0.3) is 10.8 Å². The van der Waals surface area contributed by atoms with Crippen LogP contribution in [0.3, 0.4) is 0 Å². The van der Waals surface area contributed by atoms with Crippen molar-refractivity contribution >= 4 is 44.9 Å². The molecule has 2 aromatic heterocycles. The van der Waals surface area contributed by atoms with E-state index in [4.69, 9.17) is 10.5 Å². The van der Waals surface area contributed by atoms with E-state index in [1.165, 1.54) is 16.0 Å². The number of nitrogens with zero attached hydrogens (tertiary/aromatic N) is 2. The highest BCUT2D eigenvalue weighted by molar-refractivity contribution is 7.17. The summed E-state index contributed by atoms with van der Waals surface area (Å²) in [5.41, 5.74) is 6.53. The zero-order chi connectivity index (χ0) is 24.9. The van der Waals surface area contributed by atoms with Crippen LogP contribution in [0.1, 0.15) is 70.3 Å². The summed E-state index contributed by atoms with van der Waals surface area (Å²) >= 11 is 1.34. The van der Waals surface area contributed by atoms with Crippen LogP contribution >= 0.6 is 11.3 Å². The van der Waals surface area contributed by atoms with Gasteiger partial charge >= 0.3 is 5.97 Å². The highest BCUT2D eigenvalue weighted by atomic mass is 32.1. The van der Waals surface area contributed by atoms with Crippen LogP contribution in [0.15, 0.2) is 29.1 Å². The van der Waals surface area contributed by atoms with Crippen molar-refractivity contribution in [2.24, 2.45) is 5.73 Å². The maximum atomic E-state index is 12.9. The molecule has 9 nitrogen and oxygen atoms in total. The van der Waals surface area contributed by atoms with E-state index < -0.39 is 24.4 Å². The molecule has 10 heteroatoms. The number of nitrogens with one attached hydrogen (secondary N) is 1. The molecule has 1 aliphatic rings. The smallest absolute Gasteiger partial charge is 0.359 e. The molecule has 35 heavy (non-hydrogen) atoms. The SMILES string of the molecule is CCCCCn1nc(C(=O)OCC(=O)Nc2sc3c(c2C(N)=O)CCCC3)c2ccccc2c1=O. The molecule has 2 heterocycles. The van der Waals surface area contributed by atoms with Crippen molar-refractivity contribution in [1.82, 2.24) is 9.78 Å². The second-order valence-corrected chi connectivity index (χ2v) is 9.64. The molecule has 184 valence electrons. The number of amides is 2. The summed E-state index contributed by atoms with van der Waals surface area (Å²) < 4.78 is 6.53. The van der Waals surface area contributed by atoms with Gasteiger partial charge in [-0.1, -0.05) is 38.0 Å². The Labute approximate surface area is 206 Å². The van der Waals surface area contributed by atoms with Crippen molar-refractivity contribution in [1.29, 1.82) is 0 Å². The number of aromatic nitrogens is 2. The number of unbranched alkanes of at least 4 members (excludes halogenated alkanes) is 2. The van der Waals surface area contributed by atoms with Crippen LogP contribution in [-0.4, -0.2) is 34.2 Å². The molecule has 3 N–H and O–H groups in total. The Hall–Kier alpha value is -3.53. The van der Waals surface area contributed by atoms with Gasteiger partial charge in [0.15, 0.2) is 12.3 Å². The number of ether oxygens (including phenoxy) is 1. The lowest BCUT2D eigenvalue weighted by molar-refractivity contribution is -0.119. The van der Waals surface area contributed by atoms with Crippen LogP contribution in [0, 0.1) is 0 Å². The summed E-state index contributed by atoms with van der Waals surface area (Å²) in [6.07, 6.45) is 6.26. The first kappa shape index (κ1) is 24.6. The number of hydrogen-bond acceptors (Lipinski definition) is 7. The van der Waals surface area contributed by atoms with Crippen LogP contribution < -0.4 is 16.6 Å². The Bertz CT molecular complexity index is 1340. The second-order valence-electron chi connectivity index (χ2n) is 8.53. The zero-order valence-electron chi connectivity index (χ0n) is 19.6. The number of thiophene rings is 1. The Morgan fingerprint density at radius 2 is 1.89 bits per heavy atom. The van der Waals surface area contributed by atoms with E-state index in [2.05, 4.69) is 17.3 Å². The van der Waals surface area contributed by atoms with Gasteiger partial charge in [-0.25, -0.2) is 9.48 Å². The zero-order valence-corrected chi connectivity index (χ0v) is 20.4. The summed E-state index contributed by atoms with van der Waals surface area (Å²) in [7, 11) is 0. The second kappa shape index (κ2) is 10.8. The third-order valence-corrected chi connectivity index (χ3v) is 7.25. The first-order valence-electron chi connectivity index (χ1n) is 11.8. The minimum Gasteiger partial charge on any atom is -0.451 e. The van der Waals surface area contributed by atoms with Gasteiger partial charge in [0.2, 0.25) is 0 Å². The molecular formula is C25H28N4O5S. The third kappa shape index (κ3) is 5.27. The first-order chi connectivity index (χ1) is 16.9. The minimum absolute atomic E-state index is 0.0195. The van der Waals surface area contributed by atoms with Crippen molar-refractivity contribution in [3.05, 3.63) is 56.3 Å².